The van der Waals surface area contributed by atoms with Crippen molar-refractivity contribution in [3.63, 3.8) is 0 Å². The van der Waals surface area contributed by atoms with Crippen LogP contribution in [0.4, 0.5) is 0 Å². The Labute approximate surface area is 64.1 Å². The number of nitrogens with zero attached hydrogens (tertiary/aromatic N) is 4. The predicted molar refractivity (Wildman–Crippen MR) is 34.5 cm³/mol. The summed E-state index contributed by atoms with van der Waals surface area (Å²) in [4.78, 5) is 1.30. The Balaban J connectivity index is 2.04. The van der Waals surface area contributed by atoms with Gasteiger partial charge in [-0.3, -0.25) is 0 Å². The van der Waals surface area contributed by atoms with E-state index in [1.807, 2.05) is 0 Å². The summed E-state index contributed by atoms with van der Waals surface area (Å²) in [5.74, 6) is 0. The molecule has 1 rings (SSSR count). The lowest BCUT2D eigenvalue weighted by atomic mass is 10.8. The molecule has 0 unspecified atom stereocenters. The number of rotatable bonds is 5. The van der Waals surface area contributed by atoms with E-state index < -0.39 is 0 Å². The van der Waals surface area contributed by atoms with Gasteiger partial charge in [0.05, 0.1) is 13.2 Å². The monoisotopic (exact) mass is 157 g/mol. The van der Waals surface area contributed by atoms with Crippen molar-refractivity contribution >= 4 is 0 Å². The van der Waals surface area contributed by atoms with Crippen LogP contribution in [0, 0.1) is 6.33 Å². The lowest BCUT2D eigenvalue weighted by molar-refractivity contribution is 0.0217. The third-order valence-corrected chi connectivity index (χ3v) is 0.991. The van der Waals surface area contributed by atoms with E-state index in [-0.39, 0.29) is 0 Å². The van der Waals surface area contributed by atoms with E-state index in [0.29, 0.717) is 19.9 Å². The van der Waals surface area contributed by atoms with E-state index in [4.69, 9.17) is 9.47 Å². The first-order valence-corrected chi connectivity index (χ1v) is 3.14. The summed E-state index contributed by atoms with van der Waals surface area (Å²) >= 11 is 0. The largest absolute Gasteiger partial charge is 0.382 e. The Bertz CT molecular complexity index is 177. The number of hydrogen-bond donors (Lipinski definition) is 0. The van der Waals surface area contributed by atoms with Crippen molar-refractivity contribution in [3.05, 3.63) is 6.33 Å². The van der Waals surface area contributed by atoms with Crippen LogP contribution in [-0.2, 0) is 16.2 Å². The molecule has 1 aromatic rings. The van der Waals surface area contributed by atoms with Crippen molar-refractivity contribution in [1.29, 1.82) is 0 Å². The highest BCUT2D eigenvalue weighted by Crippen LogP contribution is 1.79. The Morgan fingerprint density at radius 1 is 1.45 bits per heavy atom. The average molecular weight is 157 g/mol. The molecule has 0 aliphatic rings. The Kier molecular flexibility index (Phi) is 3.49. The zero-order valence-corrected chi connectivity index (χ0v) is 6.23. The van der Waals surface area contributed by atoms with E-state index in [1.165, 1.54) is 4.80 Å². The number of methoxy groups -OCH3 is 1. The third kappa shape index (κ3) is 3.06. The van der Waals surface area contributed by atoms with Crippen LogP contribution >= 0.6 is 0 Å². The van der Waals surface area contributed by atoms with Crippen LogP contribution in [0.2, 0.25) is 0 Å². The van der Waals surface area contributed by atoms with Crippen LogP contribution in [0.1, 0.15) is 0 Å². The molecule has 6 heteroatoms. The second-order valence-corrected chi connectivity index (χ2v) is 1.79. The molecule has 6 nitrogen and oxygen atoms in total. The van der Waals surface area contributed by atoms with Gasteiger partial charge in [0.15, 0.2) is 6.73 Å². The van der Waals surface area contributed by atoms with Crippen LogP contribution in [-0.4, -0.2) is 40.5 Å². The van der Waals surface area contributed by atoms with Gasteiger partial charge in [-0.05, 0) is 5.21 Å². The second-order valence-electron chi connectivity index (χ2n) is 1.79. The maximum Gasteiger partial charge on any atom is 0.245 e. The summed E-state index contributed by atoms with van der Waals surface area (Å²) in [6.45, 7) is 1.39. The van der Waals surface area contributed by atoms with Crippen LogP contribution < -0.4 is 0 Å². The van der Waals surface area contributed by atoms with Gasteiger partial charge in [-0.1, -0.05) is 0 Å². The fourth-order valence-corrected chi connectivity index (χ4v) is 0.506. The van der Waals surface area contributed by atoms with Crippen molar-refractivity contribution in [2.24, 2.45) is 0 Å². The van der Waals surface area contributed by atoms with Crippen molar-refractivity contribution in [1.82, 2.24) is 20.2 Å². The van der Waals surface area contributed by atoms with E-state index >= 15 is 0 Å². The number of tetrazole rings is 1. The number of ether oxygens (including phenoxy) is 2. The molecule has 1 aromatic heterocycles. The van der Waals surface area contributed by atoms with Gasteiger partial charge in [0.1, 0.15) is 0 Å². The molecule has 1 heterocycles. The van der Waals surface area contributed by atoms with Crippen LogP contribution in [0.3, 0.4) is 0 Å². The van der Waals surface area contributed by atoms with Gasteiger partial charge in [-0.25, -0.2) is 0 Å². The first-order valence-electron chi connectivity index (χ1n) is 3.14. The Hall–Kier alpha value is -1.01. The SMILES string of the molecule is COCCOCn1n[c]nn1. The van der Waals surface area contributed by atoms with Gasteiger partial charge in [-0.2, -0.15) is 0 Å². The maximum atomic E-state index is 5.07. The van der Waals surface area contributed by atoms with Gasteiger partial charge in [0, 0.05) is 7.11 Å². The fourth-order valence-electron chi connectivity index (χ4n) is 0.506. The summed E-state index contributed by atoms with van der Waals surface area (Å²) in [6, 6.07) is 0. The Morgan fingerprint density at radius 3 is 3.00 bits per heavy atom. The fraction of sp³-hybridized carbons (Fsp3) is 0.800. The van der Waals surface area contributed by atoms with Crippen LogP contribution in [0.25, 0.3) is 0 Å². The quantitative estimate of drug-likeness (QED) is 0.518. The molecule has 0 aliphatic carbocycles. The molecule has 0 atom stereocenters. The second kappa shape index (κ2) is 4.75. The molecule has 0 aromatic carbocycles. The van der Waals surface area contributed by atoms with Crippen molar-refractivity contribution in [2.75, 3.05) is 20.3 Å². The molecular weight excluding hydrogens is 148 g/mol. The minimum Gasteiger partial charge on any atom is -0.382 e. The van der Waals surface area contributed by atoms with Crippen molar-refractivity contribution < 1.29 is 9.47 Å². The molecule has 0 aliphatic heterocycles. The standard InChI is InChI=1S/C5H9N4O2/c1-10-2-3-11-5-9-7-4-6-8-9/h2-3,5H2,1H3. The molecule has 0 saturated heterocycles. The lowest BCUT2D eigenvalue weighted by Crippen LogP contribution is -2.09. The van der Waals surface area contributed by atoms with E-state index in [0.717, 1.165) is 0 Å². The lowest BCUT2D eigenvalue weighted by Gasteiger charge is -2.00. The molecule has 61 valence electrons. The minimum absolute atomic E-state index is 0.292. The molecule has 0 amide bonds. The molecule has 11 heavy (non-hydrogen) atoms. The molecule has 0 N–H and O–H groups in total. The van der Waals surface area contributed by atoms with Gasteiger partial charge in [0.25, 0.3) is 0 Å². The van der Waals surface area contributed by atoms with Crippen molar-refractivity contribution in [3.8, 4) is 0 Å². The van der Waals surface area contributed by atoms with Gasteiger partial charge >= 0.3 is 0 Å². The van der Waals surface area contributed by atoms with Crippen molar-refractivity contribution in [2.45, 2.75) is 6.73 Å². The molecule has 1 radical (unpaired) electrons. The van der Waals surface area contributed by atoms with E-state index in [1.54, 1.807) is 7.11 Å². The van der Waals surface area contributed by atoms with Gasteiger partial charge < -0.3 is 9.47 Å². The Morgan fingerprint density at radius 2 is 2.36 bits per heavy atom. The molecule has 0 bridgehead atoms. The summed E-state index contributed by atoms with van der Waals surface area (Å²) in [5.41, 5.74) is 0. The highest BCUT2D eigenvalue weighted by Gasteiger charge is 1.91. The molecule has 0 spiro atoms. The molecule has 0 fully saturated rings. The summed E-state index contributed by atoms with van der Waals surface area (Å²) in [7, 11) is 1.62. The third-order valence-electron chi connectivity index (χ3n) is 0.991. The van der Waals surface area contributed by atoms with E-state index in [2.05, 4.69) is 21.7 Å². The maximum absolute atomic E-state index is 5.07. The molecule has 0 saturated carbocycles. The highest BCUT2D eigenvalue weighted by molar-refractivity contribution is 4.30. The normalized spacial score (nSPS) is 10.3. The van der Waals surface area contributed by atoms with Gasteiger partial charge in [-0.15, -0.1) is 15.0 Å². The smallest absolute Gasteiger partial charge is 0.245 e. The summed E-state index contributed by atoms with van der Waals surface area (Å²) in [6.07, 6.45) is 2.31. The summed E-state index contributed by atoms with van der Waals surface area (Å²) in [5, 5.41) is 10.6. The van der Waals surface area contributed by atoms with Crippen LogP contribution in [0.15, 0.2) is 0 Å². The number of aromatic nitrogens is 4. The van der Waals surface area contributed by atoms with Crippen LogP contribution in [0.5, 0.6) is 0 Å². The molecular formula is C5H9N4O2. The summed E-state index contributed by atoms with van der Waals surface area (Å²) < 4.78 is 9.83. The zero-order valence-electron chi connectivity index (χ0n) is 6.23. The van der Waals surface area contributed by atoms with Gasteiger partial charge in [0.2, 0.25) is 6.33 Å². The zero-order chi connectivity index (χ0) is 7.94. The topological polar surface area (TPSA) is 62.1 Å². The first-order chi connectivity index (χ1) is 5.43. The average Bonchev–Trinajstić information content (AvgIpc) is 2.50. The number of hydrogen-bond acceptors (Lipinski definition) is 5. The predicted octanol–water partition coefficient (Wildman–Crippen LogP) is -0.906. The minimum atomic E-state index is 0.292. The first kappa shape index (κ1) is 8.09. The highest BCUT2D eigenvalue weighted by atomic mass is 16.5. The van der Waals surface area contributed by atoms with E-state index in [9.17, 15) is 0 Å².